The Bertz CT molecular complexity index is 2620. The van der Waals surface area contributed by atoms with Gasteiger partial charge in [0.15, 0.2) is 0 Å². The Balaban J connectivity index is 0.000000157. The van der Waals surface area contributed by atoms with E-state index in [1.165, 1.54) is 12.8 Å². The predicted octanol–water partition coefficient (Wildman–Crippen LogP) is 9.07. The average Bonchev–Trinajstić information content (AvgIpc) is 4.06. The molecule has 4 fully saturated rings. The van der Waals surface area contributed by atoms with Crippen LogP contribution in [0.3, 0.4) is 0 Å². The summed E-state index contributed by atoms with van der Waals surface area (Å²) in [5.74, 6) is 3.90. The van der Waals surface area contributed by atoms with E-state index >= 15 is 0 Å². The molecule has 0 amide bonds. The quantitative estimate of drug-likeness (QED) is 0.122. The molecule has 336 valence electrons. The van der Waals surface area contributed by atoms with Crippen molar-refractivity contribution in [2.24, 2.45) is 0 Å². The number of ether oxygens (including phenoxy) is 3. The first kappa shape index (κ1) is 44.2. The second-order valence-corrected chi connectivity index (χ2v) is 17.7. The van der Waals surface area contributed by atoms with Crippen LogP contribution in [0.15, 0.2) is 33.3 Å². The number of nitrogens with zero attached hydrogens (tertiary/aromatic N) is 5. The molecule has 2 aliphatic carbocycles. The summed E-state index contributed by atoms with van der Waals surface area (Å²) in [6.07, 6.45) is -2.14. The predicted molar refractivity (Wildman–Crippen MR) is 222 cm³/mol. The number of carbonyl (C=O) groups excluding carboxylic acids is 2. The molecule has 2 saturated heterocycles. The second-order valence-electron chi connectivity index (χ2n) is 17.7. The van der Waals surface area contributed by atoms with Gasteiger partial charge in [0.2, 0.25) is 6.29 Å². The number of hydrogen-bond acceptors (Lipinski definition) is 13. The number of fused-ring (bicyclic) bond motifs is 2. The molecule has 6 aromatic rings. The molecule has 63 heavy (non-hydrogen) atoms. The number of alkyl halides is 3. The van der Waals surface area contributed by atoms with Crippen LogP contribution in [0.5, 0.6) is 0 Å². The van der Waals surface area contributed by atoms with E-state index in [0.29, 0.717) is 47.3 Å². The Kier molecular flexibility index (Phi) is 11.9. The van der Waals surface area contributed by atoms with Crippen molar-refractivity contribution in [1.82, 2.24) is 29.8 Å². The zero-order valence-electron chi connectivity index (χ0n) is 36.1. The molecule has 4 atom stereocenters. The van der Waals surface area contributed by atoms with Gasteiger partial charge in [-0.25, -0.2) is 19.3 Å². The fourth-order valence-corrected chi connectivity index (χ4v) is 7.99. The van der Waals surface area contributed by atoms with E-state index in [2.05, 4.69) is 21.4 Å². The van der Waals surface area contributed by atoms with Gasteiger partial charge in [-0.1, -0.05) is 10.3 Å². The lowest BCUT2D eigenvalue weighted by molar-refractivity contribution is -0.156. The van der Waals surface area contributed by atoms with Crippen molar-refractivity contribution in [2.45, 2.75) is 135 Å². The van der Waals surface area contributed by atoms with Crippen LogP contribution in [0.4, 0.5) is 18.0 Å². The van der Waals surface area contributed by atoms with Gasteiger partial charge >= 0.3 is 12.3 Å². The molecule has 4 aromatic heterocycles. The van der Waals surface area contributed by atoms with Gasteiger partial charge in [0, 0.05) is 47.3 Å². The van der Waals surface area contributed by atoms with Gasteiger partial charge in [-0.05, 0) is 122 Å². The summed E-state index contributed by atoms with van der Waals surface area (Å²) < 4.78 is 60.4. The van der Waals surface area contributed by atoms with Crippen LogP contribution in [-0.2, 0) is 19.0 Å². The van der Waals surface area contributed by atoms with Crippen molar-refractivity contribution < 1.29 is 56.2 Å². The minimum atomic E-state index is -4.64. The van der Waals surface area contributed by atoms with E-state index in [9.17, 15) is 28.2 Å². The minimum Gasteiger partial charge on any atom is -0.443 e. The fraction of sp³-hybridized carbons (Fsp3) is 0.511. The van der Waals surface area contributed by atoms with E-state index < -0.39 is 36.4 Å². The molecule has 0 spiro atoms. The van der Waals surface area contributed by atoms with E-state index in [4.69, 9.17) is 38.0 Å². The summed E-state index contributed by atoms with van der Waals surface area (Å²) in [7, 11) is 0. The van der Waals surface area contributed by atoms with Crippen molar-refractivity contribution in [3.05, 3.63) is 69.9 Å². The molecule has 0 bridgehead atoms. The molecule has 2 aromatic carbocycles. The lowest BCUT2D eigenvalue weighted by Crippen LogP contribution is -2.33. The van der Waals surface area contributed by atoms with Crippen LogP contribution >= 0.6 is 0 Å². The number of aromatic nitrogens is 6. The van der Waals surface area contributed by atoms with Crippen molar-refractivity contribution >= 4 is 34.4 Å². The number of rotatable bonds is 8. The molecule has 2 saturated carbocycles. The number of nitrogens with one attached hydrogen (secondary N) is 1. The first-order valence-electron chi connectivity index (χ1n) is 21.1. The van der Waals surface area contributed by atoms with Gasteiger partial charge in [-0.3, -0.25) is 4.79 Å². The second kappa shape index (κ2) is 16.9. The summed E-state index contributed by atoms with van der Waals surface area (Å²) in [5, 5.41) is 30.1. The number of aliphatic hydroxyl groups excluding tert-OH is 2. The molecular formula is C45H51F3N6O9. The summed E-state index contributed by atoms with van der Waals surface area (Å²) in [5.41, 5.74) is 9.07. The maximum absolute atomic E-state index is 13.3. The Morgan fingerprint density at radius 2 is 1.29 bits per heavy atom. The van der Waals surface area contributed by atoms with E-state index in [1.807, 2.05) is 66.7 Å². The highest BCUT2D eigenvalue weighted by atomic mass is 19.4. The molecule has 0 radical (unpaired) electrons. The minimum absolute atomic E-state index is 0.149. The van der Waals surface area contributed by atoms with Gasteiger partial charge in [0.25, 0.3) is 0 Å². The van der Waals surface area contributed by atoms with E-state index in [0.717, 1.165) is 87.5 Å². The Hall–Kier alpha value is -5.43. The van der Waals surface area contributed by atoms with Gasteiger partial charge in [-0.2, -0.15) is 13.2 Å². The highest BCUT2D eigenvalue weighted by Crippen LogP contribution is 2.45. The third-order valence-electron chi connectivity index (χ3n) is 11.5. The fourth-order valence-electron chi connectivity index (χ4n) is 7.99. The topological polar surface area (TPSA) is 201 Å². The molecule has 6 heterocycles. The largest absolute Gasteiger partial charge is 0.446 e. The number of imidazole rings is 2. The zero-order valence-corrected chi connectivity index (χ0v) is 36.1. The molecule has 18 heteroatoms. The SMILES string of the molecule is Cc1noc(C)c1-c1cc(C(O)C2CCO2)c2nc(C3CC3)[nH]c2c1.Cc1noc(C)c1-c1cc(C(O)C2CCO2)c2nc(C3CC3)n(C(=O)OC(C)(C)C)c2c1.O=CC(F)(F)F. The number of aldehydes is 1. The summed E-state index contributed by atoms with van der Waals surface area (Å²) in [6.45, 7) is 14.5. The Morgan fingerprint density at radius 1 is 0.794 bits per heavy atom. The highest BCUT2D eigenvalue weighted by Gasteiger charge is 2.37. The smallest absolute Gasteiger partial charge is 0.443 e. The first-order valence-corrected chi connectivity index (χ1v) is 21.1. The lowest BCUT2D eigenvalue weighted by Gasteiger charge is -2.31. The number of hydrogen-bond donors (Lipinski definition) is 3. The molecule has 3 N–H and O–H groups in total. The summed E-state index contributed by atoms with van der Waals surface area (Å²) in [6, 6.07) is 7.93. The molecule has 4 unspecified atom stereocenters. The normalized spacial score (nSPS) is 19.6. The molecule has 10 rings (SSSR count). The van der Waals surface area contributed by atoms with Crippen LogP contribution in [0, 0.1) is 27.7 Å². The van der Waals surface area contributed by atoms with Crippen LogP contribution < -0.4 is 0 Å². The average molecular weight is 877 g/mol. The van der Waals surface area contributed by atoms with Crippen molar-refractivity contribution in [2.75, 3.05) is 13.2 Å². The number of H-pyrrole nitrogens is 1. The lowest BCUT2D eigenvalue weighted by atomic mass is 9.94. The van der Waals surface area contributed by atoms with Crippen LogP contribution in [-0.4, -0.2) is 89.6 Å². The Labute approximate surface area is 360 Å². The number of aromatic amines is 1. The highest BCUT2D eigenvalue weighted by molar-refractivity contribution is 5.93. The van der Waals surface area contributed by atoms with Gasteiger partial charge in [-0.15, -0.1) is 0 Å². The number of benzene rings is 2. The summed E-state index contributed by atoms with van der Waals surface area (Å²) >= 11 is 0. The van der Waals surface area contributed by atoms with Crippen molar-refractivity contribution in [3.8, 4) is 22.3 Å². The van der Waals surface area contributed by atoms with Crippen molar-refractivity contribution in [3.63, 3.8) is 0 Å². The zero-order chi connectivity index (χ0) is 45.1. The van der Waals surface area contributed by atoms with Crippen molar-refractivity contribution in [1.29, 1.82) is 0 Å². The maximum Gasteiger partial charge on any atom is 0.446 e. The van der Waals surface area contributed by atoms with Gasteiger partial charge < -0.3 is 38.5 Å². The Morgan fingerprint density at radius 3 is 1.70 bits per heavy atom. The van der Waals surface area contributed by atoms with E-state index in [-0.39, 0.29) is 18.1 Å². The summed E-state index contributed by atoms with van der Waals surface area (Å²) in [4.78, 5) is 35.1. The first-order chi connectivity index (χ1) is 29.8. The van der Waals surface area contributed by atoms with Crippen LogP contribution in [0.1, 0.15) is 129 Å². The number of carbonyl (C=O) groups is 2. The third kappa shape index (κ3) is 9.30. The maximum atomic E-state index is 13.3. The molecule has 15 nitrogen and oxygen atoms in total. The number of aryl methyl sites for hydroxylation is 4. The third-order valence-corrected chi connectivity index (χ3v) is 11.5. The van der Waals surface area contributed by atoms with Crippen LogP contribution in [0.2, 0.25) is 0 Å². The standard InChI is InChI=1S/C24H29N3O5.C19H21N3O3.C2HF3O/c1-12-19(13(2)32-26-12)15-10-16(21(28)18-8-9-30-18)20-17(11-15)27(22(25-20)14-6-7-14)23(29)31-24(3,4)5;1-9-16(10(2)25-22-9)12-7-13(18(23)15-5-6-24-15)17-14(8-12)20-19(21-17)11-3-4-11;3-2(4,5)1-6/h10-11,14,18,21,28H,6-9H2,1-5H3;7-8,11,15,18,23H,3-6H2,1-2H3,(H,20,21);1H. The molecule has 4 aliphatic rings. The van der Waals surface area contributed by atoms with Gasteiger partial charge in [0.1, 0.15) is 41.0 Å². The van der Waals surface area contributed by atoms with Gasteiger partial charge in [0.05, 0.1) is 45.7 Å². The monoisotopic (exact) mass is 876 g/mol. The number of halogens is 3. The number of aliphatic hydroxyl groups is 2. The van der Waals surface area contributed by atoms with E-state index in [1.54, 1.807) is 4.57 Å². The molecule has 2 aliphatic heterocycles. The molecular weight excluding hydrogens is 826 g/mol. The van der Waals surface area contributed by atoms with Crippen LogP contribution in [0.25, 0.3) is 44.3 Å².